The zero-order valence-corrected chi connectivity index (χ0v) is 21.2. The van der Waals surface area contributed by atoms with Crippen molar-refractivity contribution in [1.29, 1.82) is 0 Å². The van der Waals surface area contributed by atoms with E-state index in [1.54, 1.807) is 19.2 Å². The molecule has 1 aliphatic heterocycles. The van der Waals surface area contributed by atoms with E-state index in [2.05, 4.69) is 15.5 Å². The lowest BCUT2D eigenvalue weighted by Crippen LogP contribution is -2.48. The number of sulfonamides is 1. The quantitative estimate of drug-likeness (QED) is 0.567. The number of aromatic nitrogens is 2. The molecule has 1 atom stereocenters. The van der Waals surface area contributed by atoms with E-state index in [0.717, 1.165) is 23.1 Å². The molecule has 0 saturated carbocycles. The smallest absolute Gasteiger partial charge is 0.269 e. The van der Waals surface area contributed by atoms with Gasteiger partial charge in [-0.1, -0.05) is 38.2 Å². The molecular formula is C23H26N4O5S2. The van der Waals surface area contributed by atoms with Crippen molar-refractivity contribution in [1.82, 2.24) is 10.2 Å². The summed E-state index contributed by atoms with van der Waals surface area (Å²) in [5, 5.41) is 11.8. The lowest BCUT2D eigenvalue weighted by Gasteiger charge is -2.35. The SMILES string of the molecule is COc1ccc(-c2nnc(NC(=O)[C@@H]3CN(S(C)(=O)=O)c4cc(C(C)(C)C)ccc4O3)s2)cc1. The van der Waals surface area contributed by atoms with Gasteiger partial charge in [-0.2, -0.15) is 0 Å². The van der Waals surface area contributed by atoms with Gasteiger partial charge in [0, 0.05) is 5.56 Å². The first-order valence-corrected chi connectivity index (χ1v) is 13.2. The number of carbonyl (C=O) groups is 1. The number of rotatable bonds is 5. The average Bonchev–Trinajstić information content (AvgIpc) is 3.25. The minimum Gasteiger partial charge on any atom is -0.497 e. The van der Waals surface area contributed by atoms with Crippen LogP contribution in [-0.4, -0.2) is 50.5 Å². The molecule has 2 aromatic carbocycles. The van der Waals surface area contributed by atoms with E-state index in [9.17, 15) is 13.2 Å². The molecule has 4 rings (SSSR count). The van der Waals surface area contributed by atoms with E-state index in [1.807, 2.05) is 51.1 Å². The number of amides is 1. The number of anilines is 2. The normalized spacial score (nSPS) is 15.9. The summed E-state index contributed by atoms with van der Waals surface area (Å²) < 4.78 is 37.4. The maximum absolute atomic E-state index is 13.0. The second-order valence-corrected chi connectivity index (χ2v) is 11.8. The zero-order chi connectivity index (χ0) is 24.7. The fourth-order valence-electron chi connectivity index (χ4n) is 3.48. The Morgan fingerprint density at radius 2 is 1.88 bits per heavy atom. The van der Waals surface area contributed by atoms with Crippen molar-refractivity contribution in [2.24, 2.45) is 0 Å². The zero-order valence-electron chi connectivity index (χ0n) is 19.5. The summed E-state index contributed by atoms with van der Waals surface area (Å²) in [5.74, 6) is 0.555. The van der Waals surface area contributed by atoms with Crippen molar-refractivity contribution in [3.05, 3.63) is 48.0 Å². The van der Waals surface area contributed by atoms with E-state index in [0.29, 0.717) is 21.6 Å². The third kappa shape index (κ3) is 5.00. The highest BCUT2D eigenvalue weighted by Gasteiger charge is 2.36. The van der Waals surface area contributed by atoms with Crippen LogP contribution < -0.4 is 19.1 Å². The van der Waals surface area contributed by atoms with Crippen molar-refractivity contribution in [3.63, 3.8) is 0 Å². The van der Waals surface area contributed by atoms with Crippen LogP contribution in [0.3, 0.4) is 0 Å². The van der Waals surface area contributed by atoms with Gasteiger partial charge in [0.15, 0.2) is 6.10 Å². The molecule has 1 aromatic heterocycles. The van der Waals surface area contributed by atoms with Crippen LogP contribution in [0.15, 0.2) is 42.5 Å². The summed E-state index contributed by atoms with van der Waals surface area (Å²) in [6.07, 6.45) is 0.0724. The van der Waals surface area contributed by atoms with Crippen LogP contribution in [0, 0.1) is 0 Å². The third-order valence-corrected chi connectivity index (χ3v) is 7.41. The molecule has 2 heterocycles. The molecule has 180 valence electrons. The molecule has 3 aromatic rings. The number of ether oxygens (including phenoxy) is 2. The van der Waals surface area contributed by atoms with Gasteiger partial charge in [0.2, 0.25) is 15.2 Å². The van der Waals surface area contributed by atoms with Crippen LogP contribution in [0.5, 0.6) is 11.5 Å². The Bertz CT molecular complexity index is 1310. The van der Waals surface area contributed by atoms with Gasteiger partial charge >= 0.3 is 0 Å². The van der Waals surface area contributed by atoms with Crippen LogP contribution in [0.4, 0.5) is 10.8 Å². The molecular weight excluding hydrogens is 476 g/mol. The first kappa shape index (κ1) is 24.0. The van der Waals surface area contributed by atoms with Crippen molar-refractivity contribution >= 4 is 38.1 Å². The molecule has 0 aliphatic carbocycles. The summed E-state index contributed by atoms with van der Waals surface area (Å²) in [7, 11) is -2.05. The van der Waals surface area contributed by atoms with E-state index in [-0.39, 0.29) is 12.0 Å². The second kappa shape index (κ2) is 8.88. The van der Waals surface area contributed by atoms with Crippen LogP contribution in [0.25, 0.3) is 10.6 Å². The van der Waals surface area contributed by atoms with Crippen LogP contribution in [0.1, 0.15) is 26.3 Å². The molecule has 0 fully saturated rings. The number of carbonyl (C=O) groups excluding carboxylic acids is 1. The Labute approximate surface area is 202 Å². The first-order valence-electron chi connectivity index (χ1n) is 10.5. The molecule has 1 N–H and O–H groups in total. The monoisotopic (exact) mass is 502 g/mol. The highest BCUT2D eigenvalue weighted by molar-refractivity contribution is 7.92. The Kier molecular flexibility index (Phi) is 6.26. The molecule has 0 spiro atoms. The fourth-order valence-corrected chi connectivity index (χ4v) is 5.14. The van der Waals surface area contributed by atoms with Gasteiger partial charge in [0.25, 0.3) is 5.91 Å². The van der Waals surface area contributed by atoms with Gasteiger partial charge in [-0.05, 0) is 47.4 Å². The predicted molar refractivity (Wildman–Crippen MR) is 132 cm³/mol. The van der Waals surface area contributed by atoms with E-state index < -0.39 is 22.0 Å². The molecule has 1 amide bonds. The molecule has 9 nitrogen and oxygen atoms in total. The van der Waals surface area contributed by atoms with E-state index in [4.69, 9.17) is 9.47 Å². The van der Waals surface area contributed by atoms with Gasteiger partial charge < -0.3 is 9.47 Å². The minimum atomic E-state index is -3.64. The van der Waals surface area contributed by atoms with Gasteiger partial charge in [0.1, 0.15) is 16.5 Å². The van der Waals surface area contributed by atoms with Crippen LogP contribution in [-0.2, 0) is 20.2 Å². The lowest BCUT2D eigenvalue weighted by molar-refractivity contribution is -0.122. The topological polar surface area (TPSA) is 111 Å². The minimum absolute atomic E-state index is 0.143. The number of fused-ring (bicyclic) bond motifs is 1. The number of hydrogen-bond acceptors (Lipinski definition) is 8. The largest absolute Gasteiger partial charge is 0.497 e. The summed E-state index contributed by atoms with van der Waals surface area (Å²) in [5.41, 5.74) is 2.05. The number of nitrogens with one attached hydrogen (secondary N) is 1. The fraction of sp³-hybridized carbons (Fsp3) is 0.348. The van der Waals surface area contributed by atoms with E-state index >= 15 is 0 Å². The molecule has 11 heteroatoms. The van der Waals surface area contributed by atoms with Crippen molar-refractivity contribution in [2.45, 2.75) is 32.3 Å². The molecule has 0 unspecified atom stereocenters. The summed E-state index contributed by atoms with van der Waals surface area (Å²) in [6, 6.07) is 12.7. The van der Waals surface area contributed by atoms with Crippen molar-refractivity contribution in [2.75, 3.05) is 29.5 Å². The predicted octanol–water partition coefficient (Wildman–Crippen LogP) is 3.68. The van der Waals surface area contributed by atoms with Crippen molar-refractivity contribution < 1.29 is 22.7 Å². The Hall–Kier alpha value is -3.18. The van der Waals surface area contributed by atoms with Gasteiger partial charge in [-0.25, -0.2) is 8.42 Å². The summed E-state index contributed by atoms with van der Waals surface area (Å²) in [4.78, 5) is 13.0. The third-order valence-electron chi connectivity index (χ3n) is 5.38. The maximum atomic E-state index is 13.0. The second-order valence-electron chi connectivity index (χ2n) is 8.96. The molecule has 1 aliphatic rings. The van der Waals surface area contributed by atoms with E-state index in [1.165, 1.54) is 15.6 Å². The molecule has 0 bridgehead atoms. The molecule has 0 radical (unpaired) electrons. The Balaban J connectivity index is 1.55. The summed E-state index contributed by atoms with van der Waals surface area (Å²) in [6.45, 7) is 5.99. The maximum Gasteiger partial charge on any atom is 0.269 e. The van der Waals surface area contributed by atoms with Crippen molar-refractivity contribution in [3.8, 4) is 22.1 Å². The molecule has 34 heavy (non-hydrogen) atoms. The lowest BCUT2D eigenvalue weighted by atomic mass is 9.86. The van der Waals surface area contributed by atoms with Crippen LogP contribution in [0.2, 0.25) is 0 Å². The number of hydrogen-bond donors (Lipinski definition) is 1. The number of nitrogens with zero attached hydrogens (tertiary/aromatic N) is 3. The highest BCUT2D eigenvalue weighted by atomic mass is 32.2. The summed E-state index contributed by atoms with van der Waals surface area (Å²) >= 11 is 1.21. The van der Waals surface area contributed by atoms with Gasteiger partial charge in [-0.15, -0.1) is 10.2 Å². The molecule has 0 saturated heterocycles. The van der Waals surface area contributed by atoms with Gasteiger partial charge in [0.05, 0.1) is 25.6 Å². The Morgan fingerprint density at radius 3 is 2.50 bits per heavy atom. The highest BCUT2D eigenvalue weighted by Crippen LogP contribution is 2.39. The van der Waals surface area contributed by atoms with Crippen LogP contribution >= 0.6 is 11.3 Å². The first-order chi connectivity index (χ1) is 16.0. The number of benzene rings is 2. The number of methoxy groups -OCH3 is 1. The standard InChI is InChI=1S/C23H26N4O5S2/c1-23(2,3)15-8-11-18-17(12-15)27(34(5,29)30)13-19(32-18)20(28)24-22-26-25-21(33-22)14-6-9-16(31-4)10-7-14/h6-12,19H,13H2,1-5H3,(H,24,26,28)/t19-/m0/s1. The van der Waals surface area contributed by atoms with Gasteiger partial charge in [-0.3, -0.25) is 14.4 Å². The Morgan fingerprint density at radius 1 is 1.18 bits per heavy atom. The average molecular weight is 503 g/mol.